The van der Waals surface area contributed by atoms with Gasteiger partial charge in [-0.1, -0.05) is 37.6 Å². The molecule has 1 aromatic carbocycles. The van der Waals surface area contributed by atoms with Gasteiger partial charge in [0.05, 0.1) is 5.60 Å². The van der Waals surface area contributed by atoms with Crippen molar-refractivity contribution in [2.45, 2.75) is 51.0 Å². The van der Waals surface area contributed by atoms with Crippen molar-refractivity contribution in [1.29, 1.82) is 0 Å². The van der Waals surface area contributed by atoms with Crippen LogP contribution in [0.25, 0.3) is 0 Å². The fraction of sp³-hybridized carbons (Fsp3) is 0.619. The summed E-state index contributed by atoms with van der Waals surface area (Å²) >= 11 is 0. The van der Waals surface area contributed by atoms with Gasteiger partial charge in [0, 0.05) is 31.6 Å². The molecule has 2 heterocycles. The molecular formula is C21H30N2O3. The molecule has 0 radical (unpaired) electrons. The van der Waals surface area contributed by atoms with Gasteiger partial charge < -0.3 is 15.0 Å². The highest BCUT2D eigenvalue weighted by Gasteiger charge is 2.38. The maximum absolute atomic E-state index is 12.3. The lowest BCUT2D eigenvalue weighted by molar-refractivity contribution is -0.150. The second kappa shape index (κ2) is 8.78. The topological polar surface area (TPSA) is 58.6 Å². The number of carbonyl (C=O) groups is 2. The average Bonchev–Trinajstić information content (AvgIpc) is 2.67. The van der Waals surface area contributed by atoms with Gasteiger partial charge in [-0.2, -0.15) is 0 Å². The Balaban J connectivity index is 1.37. The summed E-state index contributed by atoms with van der Waals surface area (Å²) in [6.45, 7) is 5.86. The Hall–Kier alpha value is -1.72. The van der Waals surface area contributed by atoms with Crippen LogP contribution in [0.2, 0.25) is 0 Å². The predicted molar refractivity (Wildman–Crippen MR) is 101 cm³/mol. The van der Waals surface area contributed by atoms with Crippen LogP contribution in [0.4, 0.5) is 0 Å². The van der Waals surface area contributed by atoms with Gasteiger partial charge in [0.15, 0.2) is 5.78 Å². The van der Waals surface area contributed by atoms with Crippen molar-refractivity contribution >= 4 is 11.7 Å². The van der Waals surface area contributed by atoms with Gasteiger partial charge in [0.25, 0.3) is 0 Å². The molecule has 2 aliphatic heterocycles. The lowest BCUT2D eigenvalue weighted by atomic mass is 9.90. The molecule has 0 bridgehead atoms. The predicted octanol–water partition coefficient (Wildman–Crippen LogP) is 2.58. The first-order valence-electron chi connectivity index (χ1n) is 9.85. The number of benzene rings is 1. The van der Waals surface area contributed by atoms with Crippen molar-refractivity contribution in [1.82, 2.24) is 10.2 Å². The second-order valence-corrected chi connectivity index (χ2v) is 7.56. The smallest absolute Gasteiger partial charge is 0.246 e. The molecule has 0 aromatic heterocycles. The average molecular weight is 358 g/mol. The summed E-state index contributed by atoms with van der Waals surface area (Å²) in [5.74, 6) is 0.221. The van der Waals surface area contributed by atoms with E-state index in [0.29, 0.717) is 13.0 Å². The Labute approximate surface area is 156 Å². The Morgan fingerprint density at radius 1 is 1.23 bits per heavy atom. The third-order valence-electron chi connectivity index (χ3n) is 5.58. The fourth-order valence-electron chi connectivity index (χ4n) is 3.84. The number of hydrogen-bond donors (Lipinski definition) is 1. The van der Waals surface area contributed by atoms with Gasteiger partial charge in [0.1, 0.15) is 6.61 Å². The van der Waals surface area contributed by atoms with Gasteiger partial charge in [0.2, 0.25) is 5.91 Å². The number of aryl methyl sites for hydroxylation is 1. The molecule has 2 aliphatic rings. The number of ketones is 1. The fourth-order valence-corrected chi connectivity index (χ4v) is 3.84. The number of likely N-dealkylation sites (tertiary alicyclic amines) is 1. The minimum absolute atomic E-state index is 0.0145. The Kier molecular flexibility index (Phi) is 6.43. The number of hydrogen-bond acceptors (Lipinski definition) is 4. The van der Waals surface area contributed by atoms with Gasteiger partial charge in [-0.15, -0.1) is 0 Å². The molecule has 3 rings (SSSR count). The molecular weight excluding hydrogens is 328 g/mol. The van der Waals surface area contributed by atoms with Crippen LogP contribution >= 0.6 is 0 Å². The molecule has 26 heavy (non-hydrogen) atoms. The first kappa shape index (κ1) is 19.1. The Morgan fingerprint density at radius 2 is 1.96 bits per heavy atom. The van der Waals surface area contributed by atoms with Crippen molar-refractivity contribution in [3.05, 3.63) is 35.4 Å². The van der Waals surface area contributed by atoms with Crippen molar-refractivity contribution in [3.8, 4) is 0 Å². The van der Waals surface area contributed by atoms with Crippen LogP contribution in [-0.4, -0.2) is 55.0 Å². The van der Waals surface area contributed by atoms with E-state index in [0.717, 1.165) is 57.3 Å². The van der Waals surface area contributed by atoms with E-state index in [1.165, 1.54) is 5.56 Å². The summed E-state index contributed by atoms with van der Waals surface area (Å²) in [5.41, 5.74) is 1.96. The Bertz CT molecular complexity index is 607. The maximum Gasteiger partial charge on any atom is 0.246 e. The molecule has 5 nitrogen and oxygen atoms in total. The number of carbonyl (C=O) groups excluding carboxylic acids is 2. The van der Waals surface area contributed by atoms with E-state index in [9.17, 15) is 9.59 Å². The van der Waals surface area contributed by atoms with Crippen LogP contribution in [0.15, 0.2) is 24.3 Å². The molecule has 0 aliphatic carbocycles. The first-order valence-corrected chi connectivity index (χ1v) is 9.85. The van der Waals surface area contributed by atoms with Crippen LogP contribution in [0.5, 0.6) is 0 Å². The molecule has 2 saturated heterocycles. The van der Waals surface area contributed by atoms with Gasteiger partial charge in [-0.05, 0) is 37.8 Å². The minimum Gasteiger partial charge on any atom is -0.363 e. The van der Waals surface area contributed by atoms with E-state index >= 15 is 0 Å². The second-order valence-electron chi connectivity index (χ2n) is 7.56. The molecule has 142 valence electrons. The number of Topliss-reactive ketones (excluding diaryl/α,β-unsaturated/α-hetero) is 1. The van der Waals surface area contributed by atoms with E-state index in [1.807, 2.05) is 12.1 Å². The SMILES string of the molecule is CCCc1ccc(C(=O)CCCN2CCC3(CC2)CNC(=O)CO3)cc1. The largest absolute Gasteiger partial charge is 0.363 e. The highest BCUT2D eigenvalue weighted by molar-refractivity contribution is 5.96. The lowest BCUT2D eigenvalue weighted by Crippen LogP contribution is -2.57. The number of piperidine rings is 1. The number of ether oxygens (including phenoxy) is 1. The lowest BCUT2D eigenvalue weighted by Gasteiger charge is -2.43. The molecule has 0 atom stereocenters. The van der Waals surface area contributed by atoms with E-state index in [-0.39, 0.29) is 23.9 Å². The van der Waals surface area contributed by atoms with Crippen molar-refractivity contribution < 1.29 is 14.3 Å². The summed E-state index contributed by atoms with van der Waals surface area (Å²) in [6, 6.07) is 8.08. The molecule has 1 aromatic rings. The molecule has 1 spiro atoms. The molecule has 1 amide bonds. The van der Waals surface area contributed by atoms with Gasteiger partial charge in [-0.25, -0.2) is 0 Å². The number of rotatable bonds is 7. The standard InChI is InChI=1S/C21H30N2O3/c1-2-4-17-6-8-18(9-7-17)19(24)5-3-12-23-13-10-21(11-14-23)16-22-20(25)15-26-21/h6-9H,2-5,10-16H2,1H3,(H,22,25). The van der Waals surface area contributed by atoms with Crippen LogP contribution in [0, 0.1) is 0 Å². The van der Waals surface area contributed by atoms with Crippen LogP contribution in [-0.2, 0) is 16.0 Å². The molecule has 2 fully saturated rings. The summed E-state index contributed by atoms with van der Waals surface area (Å²) in [6.07, 6.45) is 5.57. The number of nitrogens with one attached hydrogen (secondary N) is 1. The van der Waals surface area contributed by atoms with E-state index in [1.54, 1.807) is 0 Å². The van der Waals surface area contributed by atoms with E-state index in [4.69, 9.17) is 4.74 Å². The van der Waals surface area contributed by atoms with Crippen molar-refractivity contribution in [2.24, 2.45) is 0 Å². The monoisotopic (exact) mass is 358 g/mol. The summed E-state index contributed by atoms with van der Waals surface area (Å²) < 4.78 is 5.80. The maximum atomic E-state index is 12.3. The van der Waals surface area contributed by atoms with Crippen molar-refractivity contribution in [2.75, 3.05) is 32.8 Å². The minimum atomic E-state index is -0.166. The number of amides is 1. The van der Waals surface area contributed by atoms with Crippen LogP contribution in [0.1, 0.15) is 54.9 Å². The highest BCUT2D eigenvalue weighted by atomic mass is 16.5. The van der Waals surface area contributed by atoms with E-state index in [2.05, 4.69) is 29.3 Å². The highest BCUT2D eigenvalue weighted by Crippen LogP contribution is 2.27. The first-order chi connectivity index (χ1) is 12.6. The molecule has 5 heteroatoms. The van der Waals surface area contributed by atoms with Crippen LogP contribution < -0.4 is 5.32 Å². The molecule has 0 unspecified atom stereocenters. The van der Waals surface area contributed by atoms with Crippen LogP contribution in [0.3, 0.4) is 0 Å². The van der Waals surface area contributed by atoms with E-state index < -0.39 is 0 Å². The zero-order valence-electron chi connectivity index (χ0n) is 15.8. The summed E-state index contributed by atoms with van der Waals surface area (Å²) in [4.78, 5) is 26.0. The summed E-state index contributed by atoms with van der Waals surface area (Å²) in [7, 11) is 0. The zero-order valence-corrected chi connectivity index (χ0v) is 15.8. The number of morpholine rings is 1. The van der Waals surface area contributed by atoms with Gasteiger partial charge >= 0.3 is 0 Å². The summed E-state index contributed by atoms with van der Waals surface area (Å²) in [5, 5.41) is 2.92. The third kappa shape index (κ3) is 4.92. The zero-order chi connectivity index (χ0) is 18.4. The number of nitrogens with zero attached hydrogens (tertiary/aromatic N) is 1. The van der Waals surface area contributed by atoms with Gasteiger partial charge in [-0.3, -0.25) is 9.59 Å². The normalized spacial score (nSPS) is 20.1. The third-order valence-corrected chi connectivity index (χ3v) is 5.58. The quantitative estimate of drug-likeness (QED) is 0.761. The molecule has 1 N–H and O–H groups in total. The Morgan fingerprint density at radius 3 is 2.58 bits per heavy atom. The molecule has 0 saturated carbocycles. The van der Waals surface area contributed by atoms with Crippen molar-refractivity contribution in [3.63, 3.8) is 0 Å².